The van der Waals surface area contributed by atoms with E-state index in [0.717, 1.165) is 11.1 Å². The van der Waals surface area contributed by atoms with Crippen LogP contribution < -0.4 is 5.32 Å². The first-order chi connectivity index (χ1) is 13.0. The van der Waals surface area contributed by atoms with Gasteiger partial charge >= 0.3 is 0 Å². The Morgan fingerprint density at radius 3 is 2.44 bits per heavy atom. The summed E-state index contributed by atoms with van der Waals surface area (Å²) in [5.41, 5.74) is 4.62. The van der Waals surface area contributed by atoms with Crippen molar-refractivity contribution in [3.05, 3.63) is 82.4 Å². The van der Waals surface area contributed by atoms with E-state index in [2.05, 4.69) is 10.4 Å². The number of nitrogens with zero attached hydrogens (tertiary/aromatic N) is 2. The predicted octanol–water partition coefficient (Wildman–Crippen LogP) is 3.70. The molecule has 0 bridgehead atoms. The molecular weight excluding hydrogens is 345 g/mol. The highest BCUT2D eigenvalue weighted by atomic mass is 19.1. The van der Waals surface area contributed by atoms with Gasteiger partial charge in [-0.15, -0.1) is 0 Å². The molecule has 3 aromatic rings. The third kappa shape index (κ3) is 4.06. The molecule has 0 radical (unpaired) electrons. The zero-order valence-electron chi connectivity index (χ0n) is 15.6. The third-order valence-electron chi connectivity index (χ3n) is 4.45. The largest absolute Gasteiger partial charge is 0.380 e. The van der Waals surface area contributed by atoms with Gasteiger partial charge in [0.05, 0.1) is 29.2 Å². The van der Waals surface area contributed by atoms with Gasteiger partial charge in [-0.1, -0.05) is 24.3 Å². The maximum absolute atomic E-state index is 13.2. The summed E-state index contributed by atoms with van der Waals surface area (Å²) in [6, 6.07) is 13.8. The van der Waals surface area contributed by atoms with Gasteiger partial charge in [0.15, 0.2) is 0 Å². The first-order valence-corrected chi connectivity index (χ1v) is 8.67. The van der Waals surface area contributed by atoms with Gasteiger partial charge in [0, 0.05) is 13.7 Å². The Morgan fingerprint density at radius 2 is 1.78 bits per heavy atom. The molecular formula is C21H22FN3O2. The normalized spacial score (nSPS) is 10.8. The zero-order valence-corrected chi connectivity index (χ0v) is 15.6. The van der Waals surface area contributed by atoms with E-state index in [4.69, 9.17) is 4.74 Å². The van der Waals surface area contributed by atoms with Gasteiger partial charge in [0.2, 0.25) is 0 Å². The van der Waals surface area contributed by atoms with Gasteiger partial charge in [-0.05, 0) is 49.2 Å². The number of aromatic nitrogens is 2. The molecule has 0 aliphatic heterocycles. The lowest BCUT2D eigenvalue weighted by Gasteiger charge is -2.10. The van der Waals surface area contributed by atoms with Gasteiger partial charge in [0.1, 0.15) is 5.82 Å². The second kappa shape index (κ2) is 8.14. The molecule has 5 nitrogen and oxygen atoms in total. The Bertz CT molecular complexity index is 949. The van der Waals surface area contributed by atoms with Crippen LogP contribution in [-0.2, 0) is 17.9 Å². The maximum atomic E-state index is 13.2. The summed E-state index contributed by atoms with van der Waals surface area (Å²) in [5.74, 6) is -0.501. The number of hydrogen-bond donors (Lipinski definition) is 1. The lowest BCUT2D eigenvalue weighted by atomic mass is 10.1. The smallest absolute Gasteiger partial charge is 0.255 e. The molecule has 0 aliphatic rings. The number of amides is 1. The van der Waals surface area contributed by atoms with Crippen LogP contribution in [0.2, 0.25) is 0 Å². The van der Waals surface area contributed by atoms with Crippen LogP contribution in [0.1, 0.15) is 32.9 Å². The summed E-state index contributed by atoms with van der Waals surface area (Å²) < 4.78 is 20.0. The third-order valence-corrected chi connectivity index (χ3v) is 4.45. The minimum atomic E-state index is -0.312. The van der Waals surface area contributed by atoms with E-state index in [0.29, 0.717) is 35.8 Å². The molecule has 6 heteroatoms. The molecule has 0 spiro atoms. The van der Waals surface area contributed by atoms with Gasteiger partial charge in [0.25, 0.3) is 5.91 Å². The molecule has 1 heterocycles. The number of rotatable bonds is 6. The highest BCUT2D eigenvalue weighted by Crippen LogP contribution is 2.19. The average Bonchev–Trinajstić information content (AvgIpc) is 2.96. The van der Waals surface area contributed by atoms with Crippen molar-refractivity contribution in [2.75, 3.05) is 7.11 Å². The maximum Gasteiger partial charge on any atom is 0.255 e. The number of carbonyl (C=O) groups is 1. The molecule has 0 fully saturated rings. The molecule has 0 unspecified atom stereocenters. The average molecular weight is 367 g/mol. The standard InChI is InChI=1S/C21H22FN3O2/c1-14-20(15(2)25(24-14)19-10-8-18(22)9-11-19)21(26)23-12-16-6-4-5-7-17(16)13-27-3/h4-11H,12-13H2,1-3H3,(H,23,26). The van der Waals surface area contributed by atoms with Crippen LogP contribution in [0.3, 0.4) is 0 Å². The Kier molecular flexibility index (Phi) is 5.66. The minimum Gasteiger partial charge on any atom is -0.380 e. The fraction of sp³-hybridized carbons (Fsp3) is 0.238. The van der Waals surface area contributed by atoms with Crippen molar-refractivity contribution in [1.82, 2.24) is 15.1 Å². The molecule has 2 aromatic carbocycles. The van der Waals surface area contributed by atoms with Gasteiger partial charge < -0.3 is 10.1 Å². The SMILES string of the molecule is COCc1ccccc1CNC(=O)c1c(C)nn(-c2ccc(F)cc2)c1C. The fourth-order valence-electron chi connectivity index (χ4n) is 3.10. The second-order valence-corrected chi connectivity index (χ2v) is 6.32. The molecule has 1 amide bonds. The molecule has 0 saturated carbocycles. The Hall–Kier alpha value is -2.99. The minimum absolute atomic E-state index is 0.189. The van der Waals surface area contributed by atoms with E-state index in [1.54, 1.807) is 30.8 Å². The van der Waals surface area contributed by atoms with E-state index in [1.165, 1.54) is 12.1 Å². The number of benzene rings is 2. The number of halogens is 1. The van der Waals surface area contributed by atoms with Crippen molar-refractivity contribution in [3.63, 3.8) is 0 Å². The van der Waals surface area contributed by atoms with Gasteiger partial charge in [-0.2, -0.15) is 5.10 Å². The highest BCUT2D eigenvalue weighted by molar-refractivity contribution is 5.96. The summed E-state index contributed by atoms with van der Waals surface area (Å²) in [5, 5.41) is 7.41. The molecule has 27 heavy (non-hydrogen) atoms. The molecule has 3 rings (SSSR count). The van der Waals surface area contributed by atoms with Crippen molar-refractivity contribution in [1.29, 1.82) is 0 Å². The topological polar surface area (TPSA) is 56.1 Å². The van der Waals surface area contributed by atoms with Crippen molar-refractivity contribution < 1.29 is 13.9 Å². The van der Waals surface area contributed by atoms with Crippen LogP contribution in [-0.4, -0.2) is 22.8 Å². The Morgan fingerprint density at radius 1 is 1.11 bits per heavy atom. The lowest BCUT2D eigenvalue weighted by Crippen LogP contribution is -2.24. The number of hydrogen-bond acceptors (Lipinski definition) is 3. The van der Waals surface area contributed by atoms with Crippen LogP contribution in [0.4, 0.5) is 4.39 Å². The van der Waals surface area contributed by atoms with E-state index in [1.807, 2.05) is 31.2 Å². The first kappa shape index (κ1) is 18.8. The van der Waals surface area contributed by atoms with Crippen molar-refractivity contribution in [3.8, 4) is 5.69 Å². The number of carbonyl (C=O) groups excluding carboxylic acids is 1. The van der Waals surface area contributed by atoms with Crippen LogP contribution in [0, 0.1) is 19.7 Å². The van der Waals surface area contributed by atoms with Gasteiger partial charge in [-0.25, -0.2) is 9.07 Å². The van der Waals surface area contributed by atoms with E-state index < -0.39 is 0 Å². The number of aryl methyl sites for hydroxylation is 1. The van der Waals surface area contributed by atoms with Crippen molar-refractivity contribution in [2.24, 2.45) is 0 Å². The zero-order chi connectivity index (χ0) is 19.4. The summed E-state index contributed by atoms with van der Waals surface area (Å²) >= 11 is 0. The Balaban J connectivity index is 1.81. The van der Waals surface area contributed by atoms with Crippen LogP contribution in [0.25, 0.3) is 5.69 Å². The number of methoxy groups -OCH3 is 1. The Labute approximate surface area is 157 Å². The van der Waals surface area contributed by atoms with E-state index >= 15 is 0 Å². The lowest BCUT2D eigenvalue weighted by molar-refractivity contribution is 0.0949. The van der Waals surface area contributed by atoms with Crippen molar-refractivity contribution in [2.45, 2.75) is 27.0 Å². The molecule has 1 N–H and O–H groups in total. The molecule has 0 atom stereocenters. The quantitative estimate of drug-likeness (QED) is 0.723. The molecule has 140 valence electrons. The summed E-state index contributed by atoms with van der Waals surface area (Å²) in [6.07, 6.45) is 0. The van der Waals surface area contributed by atoms with E-state index in [-0.39, 0.29) is 11.7 Å². The fourth-order valence-corrected chi connectivity index (χ4v) is 3.10. The van der Waals surface area contributed by atoms with E-state index in [9.17, 15) is 9.18 Å². The van der Waals surface area contributed by atoms with Crippen molar-refractivity contribution >= 4 is 5.91 Å². The summed E-state index contributed by atoms with van der Waals surface area (Å²) in [6.45, 7) is 4.52. The molecule has 1 aromatic heterocycles. The summed E-state index contributed by atoms with van der Waals surface area (Å²) in [7, 11) is 1.64. The number of nitrogens with one attached hydrogen (secondary N) is 1. The summed E-state index contributed by atoms with van der Waals surface area (Å²) in [4.78, 5) is 12.8. The predicted molar refractivity (Wildman–Crippen MR) is 101 cm³/mol. The monoisotopic (exact) mass is 367 g/mol. The van der Waals surface area contributed by atoms with Gasteiger partial charge in [-0.3, -0.25) is 4.79 Å². The molecule has 0 aliphatic carbocycles. The highest BCUT2D eigenvalue weighted by Gasteiger charge is 2.19. The first-order valence-electron chi connectivity index (χ1n) is 8.67. The molecule has 0 saturated heterocycles. The van der Waals surface area contributed by atoms with Crippen LogP contribution >= 0.6 is 0 Å². The number of ether oxygens (including phenoxy) is 1. The van der Waals surface area contributed by atoms with Crippen LogP contribution in [0.15, 0.2) is 48.5 Å². The second-order valence-electron chi connectivity index (χ2n) is 6.32. The van der Waals surface area contributed by atoms with Crippen LogP contribution in [0.5, 0.6) is 0 Å².